The summed E-state index contributed by atoms with van der Waals surface area (Å²) in [7, 11) is 0. The molecule has 0 radical (unpaired) electrons. The smallest absolute Gasteiger partial charge is 0.325 e. The molecule has 0 heterocycles. The standard InChI is InChI=1S/C8H13F3N2O2/c9-8(10,11)5-15-13-6(14)4-7(12)2-1-3-7/h1-5,12H2,(H,13,14). The lowest BCUT2D eigenvalue weighted by Crippen LogP contribution is -2.50. The van der Waals surface area contributed by atoms with Gasteiger partial charge in [0.15, 0.2) is 6.61 Å². The van der Waals surface area contributed by atoms with Gasteiger partial charge in [-0.25, -0.2) is 5.48 Å². The van der Waals surface area contributed by atoms with Gasteiger partial charge in [-0.05, 0) is 19.3 Å². The van der Waals surface area contributed by atoms with Crippen molar-refractivity contribution in [2.24, 2.45) is 5.73 Å². The van der Waals surface area contributed by atoms with Crippen molar-refractivity contribution in [2.75, 3.05) is 6.61 Å². The lowest BCUT2D eigenvalue weighted by atomic mass is 9.75. The van der Waals surface area contributed by atoms with Crippen LogP contribution in [-0.4, -0.2) is 24.2 Å². The van der Waals surface area contributed by atoms with Gasteiger partial charge in [-0.3, -0.25) is 9.63 Å². The minimum Gasteiger partial charge on any atom is -0.325 e. The van der Waals surface area contributed by atoms with Crippen LogP contribution in [0.4, 0.5) is 13.2 Å². The number of carbonyl (C=O) groups excluding carboxylic acids is 1. The Morgan fingerprint density at radius 2 is 2.07 bits per heavy atom. The number of alkyl halides is 3. The minimum absolute atomic E-state index is 0.00482. The molecule has 0 saturated heterocycles. The van der Waals surface area contributed by atoms with E-state index in [0.29, 0.717) is 0 Å². The average Bonchev–Trinajstić information content (AvgIpc) is 1.98. The molecule has 0 unspecified atom stereocenters. The van der Waals surface area contributed by atoms with E-state index < -0.39 is 24.2 Å². The van der Waals surface area contributed by atoms with E-state index in [2.05, 4.69) is 4.84 Å². The summed E-state index contributed by atoms with van der Waals surface area (Å²) >= 11 is 0. The van der Waals surface area contributed by atoms with Gasteiger partial charge in [0.05, 0.1) is 0 Å². The molecule has 15 heavy (non-hydrogen) atoms. The predicted molar refractivity (Wildman–Crippen MR) is 45.5 cm³/mol. The van der Waals surface area contributed by atoms with Crippen molar-refractivity contribution >= 4 is 5.91 Å². The molecule has 1 saturated carbocycles. The fourth-order valence-corrected chi connectivity index (χ4v) is 1.36. The summed E-state index contributed by atoms with van der Waals surface area (Å²) in [6.45, 7) is -1.49. The van der Waals surface area contributed by atoms with Gasteiger partial charge in [-0.2, -0.15) is 13.2 Å². The number of rotatable bonds is 4. The summed E-state index contributed by atoms with van der Waals surface area (Å²) in [6, 6.07) is 0. The molecule has 1 fully saturated rings. The van der Waals surface area contributed by atoms with E-state index >= 15 is 0 Å². The Kier molecular flexibility index (Phi) is 3.56. The molecule has 1 aliphatic carbocycles. The van der Waals surface area contributed by atoms with Crippen molar-refractivity contribution < 1.29 is 22.8 Å². The lowest BCUT2D eigenvalue weighted by Gasteiger charge is -2.37. The van der Waals surface area contributed by atoms with Crippen molar-refractivity contribution in [1.82, 2.24) is 5.48 Å². The molecule has 1 amide bonds. The van der Waals surface area contributed by atoms with Crippen LogP contribution in [0.15, 0.2) is 0 Å². The molecule has 0 bridgehead atoms. The molecule has 4 nitrogen and oxygen atoms in total. The van der Waals surface area contributed by atoms with Crippen molar-refractivity contribution in [3.05, 3.63) is 0 Å². The van der Waals surface area contributed by atoms with E-state index in [1.54, 1.807) is 5.48 Å². The maximum Gasteiger partial charge on any atom is 0.414 e. The number of hydrogen-bond acceptors (Lipinski definition) is 3. The Labute approximate surface area is 84.9 Å². The quantitative estimate of drug-likeness (QED) is 0.699. The molecule has 88 valence electrons. The molecule has 0 aliphatic heterocycles. The van der Waals surface area contributed by atoms with Crippen LogP contribution in [0.1, 0.15) is 25.7 Å². The third-order valence-electron chi connectivity index (χ3n) is 2.28. The van der Waals surface area contributed by atoms with Crippen molar-refractivity contribution in [3.63, 3.8) is 0 Å². The van der Waals surface area contributed by atoms with Gasteiger partial charge in [-0.1, -0.05) is 0 Å². The number of hydrogen-bond donors (Lipinski definition) is 2. The van der Waals surface area contributed by atoms with Crippen LogP contribution < -0.4 is 11.2 Å². The zero-order valence-corrected chi connectivity index (χ0v) is 8.06. The number of nitrogens with two attached hydrogens (primary N) is 1. The monoisotopic (exact) mass is 226 g/mol. The Morgan fingerprint density at radius 1 is 1.47 bits per heavy atom. The van der Waals surface area contributed by atoms with Crippen molar-refractivity contribution in [3.8, 4) is 0 Å². The van der Waals surface area contributed by atoms with Gasteiger partial charge in [0.2, 0.25) is 5.91 Å². The summed E-state index contributed by atoms with van der Waals surface area (Å²) in [6.07, 6.45) is -2.04. The van der Waals surface area contributed by atoms with Gasteiger partial charge >= 0.3 is 6.18 Å². The first-order valence-corrected chi connectivity index (χ1v) is 4.57. The van der Waals surface area contributed by atoms with E-state index in [4.69, 9.17) is 5.73 Å². The van der Waals surface area contributed by atoms with Crippen LogP contribution >= 0.6 is 0 Å². The van der Waals surface area contributed by atoms with Gasteiger partial charge in [0.1, 0.15) is 0 Å². The molecule has 1 rings (SSSR count). The fourth-order valence-electron chi connectivity index (χ4n) is 1.36. The maximum atomic E-state index is 11.6. The largest absolute Gasteiger partial charge is 0.414 e. The molecule has 7 heteroatoms. The molecule has 1 aliphatic rings. The molecule has 0 aromatic heterocycles. The average molecular weight is 226 g/mol. The van der Waals surface area contributed by atoms with Crippen molar-refractivity contribution in [1.29, 1.82) is 0 Å². The lowest BCUT2D eigenvalue weighted by molar-refractivity contribution is -0.192. The van der Waals surface area contributed by atoms with Crippen LogP contribution in [0.25, 0.3) is 0 Å². The van der Waals surface area contributed by atoms with Gasteiger partial charge in [0, 0.05) is 12.0 Å². The zero-order valence-electron chi connectivity index (χ0n) is 8.06. The molecule has 0 aromatic rings. The first-order valence-electron chi connectivity index (χ1n) is 4.57. The summed E-state index contributed by atoms with van der Waals surface area (Å²) < 4.78 is 34.9. The van der Waals surface area contributed by atoms with E-state index in [1.165, 1.54) is 0 Å². The number of nitrogens with one attached hydrogen (secondary N) is 1. The Morgan fingerprint density at radius 3 is 2.47 bits per heavy atom. The predicted octanol–water partition coefficient (Wildman–Crippen LogP) is 0.868. The first kappa shape index (κ1) is 12.3. The van der Waals surface area contributed by atoms with Crippen LogP contribution in [0, 0.1) is 0 Å². The highest BCUT2D eigenvalue weighted by molar-refractivity contribution is 5.76. The Bertz CT molecular complexity index is 239. The van der Waals surface area contributed by atoms with E-state index in [-0.39, 0.29) is 6.42 Å². The molecule has 0 atom stereocenters. The van der Waals surface area contributed by atoms with Crippen LogP contribution in [-0.2, 0) is 9.63 Å². The van der Waals surface area contributed by atoms with Crippen molar-refractivity contribution in [2.45, 2.75) is 37.4 Å². The summed E-state index contributed by atoms with van der Waals surface area (Å²) in [5, 5.41) is 0. The molecule has 0 spiro atoms. The van der Waals surface area contributed by atoms with Crippen LogP contribution in [0.3, 0.4) is 0 Å². The second kappa shape index (κ2) is 4.36. The van der Waals surface area contributed by atoms with Crippen LogP contribution in [0.2, 0.25) is 0 Å². The summed E-state index contributed by atoms with van der Waals surface area (Å²) in [5.41, 5.74) is 6.90. The number of halogens is 3. The number of amides is 1. The SMILES string of the molecule is NC1(CC(=O)NOCC(F)(F)F)CCC1. The highest BCUT2D eigenvalue weighted by Crippen LogP contribution is 2.31. The third kappa shape index (κ3) is 4.48. The van der Waals surface area contributed by atoms with Crippen LogP contribution in [0.5, 0.6) is 0 Å². The minimum atomic E-state index is -4.44. The summed E-state index contributed by atoms with van der Waals surface area (Å²) in [4.78, 5) is 15.0. The van der Waals surface area contributed by atoms with Gasteiger partial charge < -0.3 is 5.73 Å². The van der Waals surface area contributed by atoms with E-state index in [1.807, 2.05) is 0 Å². The number of carbonyl (C=O) groups is 1. The van der Waals surface area contributed by atoms with Gasteiger partial charge in [-0.15, -0.1) is 0 Å². The zero-order chi connectivity index (χ0) is 11.5. The third-order valence-corrected chi connectivity index (χ3v) is 2.28. The highest BCUT2D eigenvalue weighted by atomic mass is 19.4. The molecular weight excluding hydrogens is 213 g/mol. The van der Waals surface area contributed by atoms with Gasteiger partial charge in [0.25, 0.3) is 0 Å². The topological polar surface area (TPSA) is 64.4 Å². The molecule has 0 aromatic carbocycles. The molecular formula is C8H13F3N2O2. The fraction of sp³-hybridized carbons (Fsp3) is 0.875. The second-order valence-electron chi connectivity index (χ2n) is 3.82. The first-order chi connectivity index (χ1) is 6.81. The van der Waals surface area contributed by atoms with E-state index in [0.717, 1.165) is 19.3 Å². The maximum absolute atomic E-state index is 11.6. The number of hydroxylamine groups is 1. The Hall–Kier alpha value is -0.820. The second-order valence-corrected chi connectivity index (χ2v) is 3.82. The molecule has 3 N–H and O–H groups in total. The van der Waals surface area contributed by atoms with E-state index in [9.17, 15) is 18.0 Å². The normalized spacial score (nSPS) is 19.5. The highest BCUT2D eigenvalue weighted by Gasteiger charge is 2.35. The summed E-state index contributed by atoms with van der Waals surface area (Å²) in [5.74, 6) is -0.610. The Balaban J connectivity index is 2.14.